The molecule has 13 heavy (non-hydrogen) atoms. The molecule has 0 N–H and O–H groups in total. The van der Waals surface area contributed by atoms with Crippen molar-refractivity contribution in [3.63, 3.8) is 0 Å². The molecule has 0 unspecified atom stereocenters. The maximum Gasteiger partial charge on any atom is 0.281 e. The van der Waals surface area contributed by atoms with Crippen LogP contribution in [0.4, 0.5) is 0 Å². The molecule has 0 radical (unpaired) electrons. The third kappa shape index (κ3) is 3.53. The van der Waals surface area contributed by atoms with Crippen molar-refractivity contribution in [1.29, 1.82) is 0 Å². The Hall–Kier alpha value is 0.350. The number of nitrogens with zero attached hydrogens (tertiary/aromatic N) is 2. The summed E-state index contributed by atoms with van der Waals surface area (Å²) in [5.41, 5.74) is 0. The molecular formula is C7H17BrN2O2S. The van der Waals surface area contributed by atoms with Crippen molar-refractivity contribution >= 4 is 26.1 Å². The van der Waals surface area contributed by atoms with Crippen LogP contribution in [0.2, 0.25) is 0 Å². The van der Waals surface area contributed by atoms with Crippen molar-refractivity contribution in [3.8, 4) is 0 Å². The summed E-state index contributed by atoms with van der Waals surface area (Å²) < 4.78 is 26.1. The molecule has 0 heterocycles. The van der Waals surface area contributed by atoms with E-state index in [2.05, 4.69) is 15.9 Å². The van der Waals surface area contributed by atoms with Crippen LogP contribution in [0.5, 0.6) is 0 Å². The van der Waals surface area contributed by atoms with E-state index in [0.717, 1.165) is 0 Å². The van der Waals surface area contributed by atoms with Crippen LogP contribution in [0.25, 0.3) is 0 Å². The number of rotatable bonds is 5. The second-order valence-electron chi connectivity index (χ2n) is 3.13. The molecule has 0 saturated heterocycles. The van der Waals surface area contributed by atoms with Gasteiger partial charge in [0.1, 0.15) is 0 Å². The standard InChI is InChI=1S/C7H17BrN2O2S/c1-7(2)10(4)13(11,12)9(3)6-5-8/h7H,5-6H2,1-4H3. The van der Waals surface area contributed by atoms with E-state index in [-0.39, 0.29) is 6.04 Å². The van der Waals surface area contributed by atoms with Crippen LogP contribution in [-0.2, 0) is 10.2 Å². The highest BCUT2D eigenvalue weighted by Crippen LogP contribution is 2.07. The van der Waals surface area contributed by atoms with E-state index in [4.69, 9.17) is 0 Å². The van der Waals surface area contributed by atoms with Gasteiger partial charge in [-0.1, -0.05) is 15.9 Å². The fourth-order valence-corrected chi connectivity index (χ4v) is 2.78. The average Bonchev–Trinajstić information content (AvgIpc) is 2.03. The smallest absolute Gasteiger partial charge is 0.195 e. The van der Waals surface area contributed by atoms with E-state index in [1.54, 1.807) is 14.1 Å². The van der Waals surface area contributed by atoms with Crippen LogP contribution in [-0.4, -0.2) is 49.0 Å². The second-order valence-corrected chi connectivity index (χ2v) is 6.02. The van der Waals surface area contributed by atoms with Gasteiger partial charge in [-0.05, 0) is 13.8 Å². The lowest BCUT2D eigenvalue weighted by Gasteiger charge is -2.26. The summed E-state index contributed by atoms with van der Waals surface area (Å²) in [5.74, 6) is 0. The van der Waals surface area contributed by atoms with Crippen molar-refractivity contribution in [2.45, 2.75) is 19.9 Å². The van der Waals surface area contributed by atoms with Crippen molar-refractivity contribution in [2.75, 3.05) is 26.0 Å². The molecule has 0 rings (SSSR count). The summed E-state index contributed by atoms with van der Waals surface area (Å²) in [7, 11) is -0.0969. The van der Waals surface area contributed by atoms with Gasteiger partial charge < -0.3 is 0 Å². The SMILES string of the molecule is CC(C)N(C)S(=O)(=O)N(C)CCBr. The molecule has 0 aliphatic rings. The summed E-state index contributed by atoms with van der Waals surface area (Å²) in [6.45, 7) is 4.18. The van der Waals surface area contributed by atoms with Crippen molar-refractivity contribution in [1.82, 2.24) is 8.61 Å². The Labute approximate surface area is 89.2 Å². The third-order valence-electron chi connectivity index (χ3n) is 1.88. The highest BCUT2D eigenvalue weighted by Gasteiger charge is 2.24. The summed E-state index contributed by atoms with van der Waals surface area (Å²) in [4.78, 5) is 0. The van der Waals surface area contributed by atoms with Crippen molar-refractivity contribution in [3.05, 3.63) is 0 Å². The molecule has 0 aliphatic heterocycles. The van der Waals surface area contributed by atoms with Gasteiger partial charge in [0.25, 0.3) is 10.2 Å². The molecule has 0 amide bonds. The van der Waals surface area contributed by atoms with Gasteiger partial charge in [0.15, 0.2) is 0 Å². The number of hydrogen-bond donors (Lipinski definition) is 0. The van der Waals surface area contributed by atoms with Gasteiger partial charge in [0.2, 0.25) is 0 Å². The molecule has 0 aromatic carbocycles. The quantitative estimate of drug-likeness (QED) is 0.698. The lowest BCUT2D eigenvalue weighted by molar-refractivity contribution is 0.364. The predicted octanol–water partition coefficient (Wildman–Crippen LogP) is 0.898. The Kier molecular flexibility index (Phi) is 5.43. The fraction of sp³-hybridized carbons (Fsp3) is 1.00. The Morgan fingerprint density at radius 3 is 2.08 bits per heavy atom. The minimum atomic E-state index is -3.26. The van der Waals surface area contributed by atoms with Crippen LogP contribution in [0.1, 0.15) is 13.8 Å². The maximum atomic E-state index is 11.7. The molecule has 0 atom stereocenters. The van der Waals surface area contributed by atoms with Crippen LogP contribution in [0, 0.1) is 0 Å². The predicted molar refractivity (Wildman–Crippen MR) is 58.2 cm³/mol. The molecule has 0 aromatic rings. The largest absolute Gasteiger partial charge is 0.281 e. The topological polar surface area (TPSA) is 40.6 Å². The first-order valence-corrected chi connectivity index (χ1v) is 6.61. The first-order chi connectivity index (χ1) is 5.84. The maximum absolute atomic E-state index is 11.7. The molecule has 0 aromatic heterocycles. The zero-order valence-electron chi connectivity index (χ0n) is 8.49. The first-order valence-electron chi connectivity index (χ1n) is 4.09. The lowest BCUT2D eigenvalue weighted by Crippen LogP contribution is -2.43. The summed E-state index contributed by atoms with van der Waals surface area (Å²) >= 11 is 3.20. The van der Waals surface area contributed by atoms with E-state index in [1.165, 1.54) is 8.61 Å². The van der Waals surface area contributed by atoms with Gasteiger partial charge in [0.05, 0.1) is 0 Å². The molecule has 0 saturated carbocycles. The van der Waals surface area contributed by atoms with E-state index in [9.17, 15) is 8.42 Å². The molecule has 6 heteroatoms. The summed E-state index contributed by atoms with van der Waals surface area (Å²) in [6, 6.07) is -0.0113. The van der Waals surface area contributed by atoms with E-state index in [1.807, 2.05) is 13.8 Å². The van der Waals surface area contributed by atoms with Gasteiger partial charge in [0, 0.05) is 32.0 Å². The fourth-order valence-electron chi connectivity index (χ4n) is 0.721. The first kappa shape index (κ1) is 13.4. The van der Waals surface area contributed by atoms with Crippen LogP contribution < -0.4 is 0 Å². The Morgan fingerprint density at radius 2 is 1.77 bits per heavy atom. The second kappa shape index (κ2) is 5.29. The van der Waals surface area contributed by atoms with Crippen LogP contribution in [0.3, 0.4) is 0 Å². The van der Waals surface area contributed by atoms with Gasteiger partial charge in [-0.3, -0.25) is 0 Å². The molecule has 0 spiro atoms. The molecule has 0 bridgehead atoms. The normalized spacial score (nSPS) is 13.2. The molecule has 4 nitrogen and oxygen atoms in total. The number of hydrogen-bond acceptors (Lipinski definition) is 2. The van der Waals surface area contributed by atoms with Gasteiger partial charge in [-0.25, -0.2) is 0 Å². The Balaban J connectivity index is 4.56. The average molecular weight is 273 g/mol. The van der Waals surface area contributed by atoms with Crippen LogP contribution >= 0.6 is 15.9 Å². The molecular weight excluding hydrogens is 256 g/mol. The van der Waals surface area contributed by atoms with Gasteiger partial charge in [-0.15, -0.1) is 0 Å². The minimum absolute atomic E-state index is 0.0113. The number of alkyl halides is 1. The zero-order valence-corrected chi connectivity index (χ0v) is 10.9. The third-order valence-corrected chi connectivity index (χ3v) is 4.36. The van der Waals surface area contributed by atoms with Crippen LogP contribution in [0.15, 0.2) is 0 Å². The highest BCUT2D eigenvalue weighted by atomic mass is 79.9. The van der Waals surface area contributed by atoms with Crippen molar-refractivity contribution in [2.24, 2.45) is 0 Å². The minimum Gasteiger partial charge on any atom is -0.195 e. The summed E-state index contributed by atoms with van der Waals surface area (Å²) in [6.07, 6.45) is 0. The number of halogens is 1. The van der Waals surface area contributed by atoms with E-state index < -0.39 is 10.2 Å². The molecule has 80 valence electrons. The van der Waals surface area contributed by atoms with Gasteiger partial charge in [-0.2, -0.15) is 17.0 Å². The Morgan fingerprint density at radius 1 is 1.31 bits per heavy atom. The van der Waals surface area contributed by atoms with Gasteiger partial charge >= 0.3 is 0 Å². The zero-order chi connectivity index (χ0) is 10.6. The monoisotopic (exact) mass is 272 g/mol. The molecule has 0 fully saturated rings. The molecule has 0 aliphatic carbocycles. The van der Waals surface area contributed by atoms with E-state index >= 15 is 0 Å². The lowest BCUT2D eigenvalue weighted by atomic mass is 10.4. The van der Waals surface area contributed by atoms with E-state index in [0.29, 0.717) is 11.9 Å². The Bertz CT molecular complexity index is 241. The summed E-state index contributed by atoms with van der Waals surface area (Å²) in [5, 5.41) is 0.647. The highest BCUT2D eigenvalue weighted by molar-refractivity contribution is 9.09. The van der Waals surface area contributed by atoms with Crippen molar-refractivity contribution < 1.29 is 8.42 Å².